The lowest BCUT2D eigenvalue weighted by molar-refractivity contribution is -0.149. The van der Waals surface area contributed by atoms with Crippen LogP contribution in [0.1, 0.15) is 42.1 Å². The van der Waals surface area contributed by atoms with E-state index in [-0.39, 0.29) is 43.3 Å². The number of hydrogen-bond donors (Lipinski definition) is 4. The third kappa shape index (κ3) is 5.04. The van der Waals surface area contributed by atoms with Crippen molar-refractivity contribution >= 4 is 43.1 Å². The quantitative estimate of drug-likeness (QED) is 0.209. The summed E-state index contributed by atoms with van der Waals surface area (Å²) in [7, 11) is -2.97. The van der Waals surface area contributed by atoms with Gasteiger partial charge in [0.15, 0.2) is 13.9 Å². The van der Waals surface area contributed by atoms with Crippen LogP contribution in [0.2, 0.25) is 18.6 Å². The first-order chi connectivity index (χ1) is 19.9. The number of aliphatic hydroxyl groups excluding tert-OH is 1. The van der Waals surface area contributed by atoms with Crippen molar-refractivity contribution in [3.05, 3.63) is 66.2 Å². The average Bonchev–Trinajstić information content (AvgIpc) is 3.60. The van der Waals surface area contributed by atoms with Gasteiger partial charge in [0.2, 0.25) is 5.91 Å². The Hall–Kier alpha value is -3.51. The van der Waals surface area contributed by atoms with Gasteiger partial charge in [-0.15, -0.1) is 6.58 Å². The second kappa shape index (κ2) is 11.3. The molecule has 0 radical (unpaired) electrons. The van der Waals surface area contributed by atoms with Gasteiger partial charge in [-0.25, -0.2) is 0 Å². The van der Waals surface area contributed by atoms with Crippen LogP contribution < -0.4 is 16.0 Å². The van der Waals surface area contributed by atoms with Crippen LogP contribution in [0.15, 0.2) is 55.1 Å². The molecule has 5 rings (SSSR count). The Kier molecular flexibility index (Phi) is 8.05. The van der Waals surface area contributed by atoms with E-state index in [4.69, 9.17) is 10.5 Å². The summed E-state index contributed by atoms with van der Waals surface area (Å²) in [5.74, 6) is -1.22. The van der Waals surface area contributed by atoms with Gasteiger partial charge in [0, 0.05) is 47.1 Å². The summed E-state index contributed by atoms with van der Waals surface area (Å²) in [5, 5.41) is 12.7. The lowest BCUT2D eigenvalue weighted by atomic mass is 9.82. The summed E-state index contributed by atoms with van der Waals surface area (Å²) >= 11 is 0. The predicted octanol–water partition coefficient (Wildman–Crippen LogP) is 3.22. The molecule has 2 fully saturated rings. The number of carbonyl (C=O) groups is 3. The number of nitrogens with two attached hydrogens (primary N) is 1. The molecule has 42 heavy (non-hydrogen) atoms. The molecule has 3 amide bonds. The zero-order valence-corrected chi connectivity index (χ0v) is 25.4. The molecule has 0 aliphatic carbocycles. The van der Waals surface area contributed by atoms with Crippen LogP contribution in [0, 0.1) is 5.92 Å². The zero-order chi connectivity index (χ0) is 30.4. The molecule has 3 aliphatic rings. The largest absolute Gasteiger partial charge is 0.432 e. The van der Waals surface area contributed by atoms with Crippen LogP contribution in [-0.4, -0.2) is 72.7 Å². The van der Waals surface area contributed by atoms with E-state index in [2.05, 4.69) is 11.9 Å². The third-order valence-corrected chi connectivity index (χ3v) is 11.5. The summed E-state index contributed by atoms with van der Waals surface area (Å²) < 4.78 is 6.75. The van der Waals surface area contributed by atoms with E-state index in [1.165, 1.54) is 0 Å². The van der Waals surface area contributed by atoms with Gasteiger partial charge in [-0.1, -0.05) is 13.0 Å². The lowest BCUT2D eigenvalue weighted by Gasteiger charge is -2.32. The van der Waals surface area contributed by atoms with Crippen molar-refractivity contribution in [2.24, 2.45) is 5.92 Å². The van der Waals surface area contributed by atoms with Gasteiger partial charge in [0.05, 0.1) is 30.9 Å². The number of amides is 3. The smallest absolute Gasteiger partial charge is 0.264 e. The van der Waals surface area contributed by atoms with Crippen LogP contribution in [0.25, 0.3) is 0 Å². The molecule has 3 aliphatic heterocycles. The lowest BCUT2D eigenvalue weighted by Crippen LogP contribution is -2.46. The summed E-state index contributed by atoms with van der Waals surface area (Å²) in [5.41, 5.74) is 6.58. The van der Waals surface area contributed by atoms with E-state index in [0.717, 1.165) is 12.8 Å². The van der Waals surface area contributed by atoms with Crippen molar-refractivity contribution in [1.29, 1.82) is 0 Å². The van der Waals surface area contributed by atoms with Crippen LogP contribution in [0.5, 0.6) is 0 Å². The summed E-state index contributed by atoms with van der Waals surface area (Å²) in [6.07, 6.45) is 2.50. The molecular weight excluding hydrogens is 552 g/mol. The molecule has 2 saturated heterocycles. The number of rotatable bonds is 8. The highest BCUT2D eigenvalue weighted by Crippen LogP contribution is 2.60. The molecule has 224 valence electrons. The van der Waals surface area contributed by atoms with E-state index in [1.807, 2.05) is 20.0 Å². The molecule has 0 unspecified atom stereocenters. The van der Waals surface area contributed by atoms with Crippen LogP contribution in [0.3, 0.4) is 0 Å². The highest BCUT2D eigenvalue weighted by atomic mass is 28.4. The Bertz CT molecular complexity index is 1390. The van der Waals surface area contributed by atoms with Crippen LogP contribution >= 0.6 is 0 Å². The first-order valence-electron chi connectivity index (χ1n) is 14.5. The normalized spacial score (nSPS) is 27.0. The number of benzene rings is 2. The Balaban J connectivity index is 1.53. The summed E-state index contributed by atoms with van der Waals surface area (Å²) in [6.45, 7) is 10.1. The van der Waals surface area contributed by atoms with E-state index in [0.29, 0.717) is 34.7 Å². The van der Waals surface area contributed by atoms with E-state index >= 15 is 0 Å². The first kappa shape index (κ1) is 30.0. The number of ether oxygens (including phenoxy) is 1. The average molecular weight is 593 g/mol. The molecule has 1 spiro atoms. The van der Waals surface area contributed by atoms with Crippen molar-refractivity contribution in [2.75, 3.05) is 35.6 Å². The van der Waals surface area contributed by atoms with Gasteiger partial charge >= 0.3 is 0 Å². The maximum Gasteiger partial charge on any atom is 0.264 e. The molecule has 2 aromatic rings. The molecule has 3 heterocycles. The van der Waals surface area contributed by atoms with Gasteiger partial charge in [-0.2, -0.15) is 0 Å². The highest BCUT2D eigenvalue weighted by molar-refractivity contribution is 6.71. The molecule has 0 aromatic heterocycles. The number of nitrogens with zero attached hydrogens (tertiary/aromatic N) is 2. The zero-order valence-electron chi connectivity index (χ0n) is 24.4. The SMILES string of the molecule is C=CCN1C(=O)[C@]2(O[C@H](CC(=O)N3CCC[C@H]3CO)[C@@H]([Si](C)(C)O)[C@@H]2C)c2cc(NC(=O)c3ccc(N)cc3)ccc21. The summed E-state index contributed by atoms with van der Waals surface area (Å²) in [6, 6.07) is 11.6. The maximum absolute atomic E-state index is 14.3. The monoisotopic (exact) mass is 592 g/mol. The Morgan fingerprint density at radius 2 is 1.95 bits per heavy atom. The van der Waals surface area contributed by atoms with Crippen molar-refractivity contribution in [3.8, 4) is 0 Å². The first-order valence-corrected chi connectivity index (χ1v) is 17.5. The second-order valence-electron chi connectivity index (χ2n) is 12.1. The molecule has 2 aromatic carbocycles. The van der Waals surface area contributed by atoms with Gasteiger partial charge in [-0.3, -0.25) is 14.4 Å². The standard InChI is InChI=1S/C31H40N4O6Si/c1-5-14-35-25-13-12-22(33-29(38)20-8-10-21(32)11-9-20)16-24(25)31(30(35)39)19(2)28(42(3,4)40)26(41-31)17-27(37)34-15-6-7-23(34)18-36/h5,8-13,16,19,23,26,28,36,40H,1,6-7,14-15,17-18,32H2,2-4H3,(H,33,38)/t19-,23-,26+,28-,31+/m0/s1. The number of nitrogens with one attached hydrogen (secondary N) is 1. The Labute approximate surface area is 247 Å². The van der Waals surface area contributed by atoms with E-state index < -0.39 is 31.5 Å². The minimum Gasteiger partial charge on any atom is -0.432 e. The van der Waals surface area contributed by atoms with Gasteiger partial charge in [0.1, 0.15) is 0 Å². The number of fused-ring (bicyclic) bond motifs is 2. The predicted molar refractivity (Wildman–Crippen MR) is 163 cm³/mol. The van der Waals surface area contributed by atoms with Crippen molar-refractivity contribution in [3.63, 3.8) is 0 Å². The van der Waals surface area contributed by atoms with Crippen LogP contribution in [-0.2, 0) is 19.9 Å². The van der Waals surface area contributed by atoms with Crippen molar-refractivity contribution in [1.82, 2.24) is 4.90 Å². The van der Waals surface area contributed by atoms with Gasteiger partial charge < -0.3 is 35.5 Å². The molecule has 10 nitrogen and oxygen atoms in total. The Morgan fingerprint density at radius 1 is 1.24 bits per heavy atom. The fraction of sp³-hybridized carbons (Fsp3) is 0.452. The van der Waals surface area contributed by atoms with Gasteiger partial charge in [-0.05, 0) is 68.4 Å². The summed E-state index contributed by atoms with van der Waals surface area (Å²) in [4.78, 5) is 55.6. The number of likely N-dealkylation sites (tertiary alicyclic amines) is 1. The molecule has 5 atom stereocenters. The fourth-order valence-corrected chi connectivity index (χ4v) is 9.70. The minimum atomic E-state index is -2.97. The topological polar surface area (TPSA) is 145 Å². The number of hydrogen-bond acceptors (Lipinski definition) is 7. The van der Waals surface area contributed by atoms with E-state index in [9.17, 15) is 24.3 Å². The fourth-order valence-electron chi connectivity index (χ4n) is 7.15. The number of carbonyl (C=O) groups excluding carboxylic acids is 3. The number of aliphatic hydroxyl groups is 1. The maximum atomic E-state index is 14.3. The highest BCUT2D eigenvalue weighted by Gasteiger charge is 2.66. The number of anilines is 3. The van der Waals surface area contributed by atoms with Crippen molar-refractivity contribution < 1.29 is 29.0 Å². The minimum absolute atomic E-state index is 0.00187. The molecule has 0 bridgehead atoms. The Morgan fingerprint density at radius 3 is 2.60 bits per heavy atom. The molecule has 5 N–H and O–H groups in total. The van der Waals surface area contributed by atoms with Gasteiger partial charge in [0.25, 0.3) is 11.8 Å². The second-order valence-corrected chi connectivity index (χ2v) is 16.1. The molecule has 11 heteroatoms. The van der Waals surface area contributed by atoms with E-state index in [1.54, 1.807) is 58.3 Å². The third-order valence-electron chi connectivity index (χ3n) is 9.01. The van der Waals surface area contributed by atoms with Crippen LogP contribution in [0.4, 0.5) is 17.1 Å². The van der Waals surface area contributed by atoms with Crippen molar-refractivity contribution in [2.45, 2.75) is 62.6 Å². The molecular formula is C31H40N4O6Si. The number of nitrogen functional groups attached to an aromatic ring is 1. The molecule has 0 saturated carbocycles.